The third-order valence-corrected chi connectivity index (χ3v) is 1.89. The van der Waals surface area contributed by atoms with Crippen LogP contribution in [0.2, 0.25) is 0 Å². The van der Waals surface area contributed by atoms with Gasteiger partial charge in [0.1, 0.15) is 11.9 Å². The molecule has 0 fully saturated rings. The van der Waals surface area contributed by atoms with E-state index in [1.807, 2.05) is 0 Å². The fraction of sp³-hybridized carbons (Fsp3) is 0.556. The second kappa shape index (κ2) is 5.31. The molecule has 0 saturated heterocycles. The van der Waals surface area contributed by atoms with Crippen LogP contribution in [-0.4, -0.2) is 30.5 Å². The Balaban J connectivity index is 2.31. The highest BCUT2D eigenvalue weighted by Gasteiger charge is 2.40. The fourth-order valence-electron chi connectivity index (χ4n) is 1.03. The molecule has 0 aliphatic heterocycles. The monoisotopic (exact) mass is 241 g/mol. The summed E-state index contributed by atoms with van der Waals surface area (Å²) in [6.45, 7) is -1.47. The fourth-order valence-corrected chi connectivity index (χ4v) is 1.03. The van der Waals surface area contributed by atoms with Crippen molar-refractivity contribution in [1.82, 2.24) is 5.32 Å². The van der Waals surface area contributed by atoms with Gasteiger partial charge in [-0.2, -0.15) is 8.78 Å². The predicted octanol–water partition coefficient (Wildman–Crippen LogP) is 1.80. The van der Waals surface area contributed by atoms with Crippen LogP contribution in [0.3, 0.4) is 0 Å². The molecule has 16 heavy (non-hydrogen) atoms. The number of alkyl halides is 4. The Morgan fingerprint density at radius 3 is 2.62 bits per heavy atom. The van der Waals surface area contributed by atoms with Crippen LogP contribution in [-0.2, 0) is 0 Å². The van der Waals surface area contributed by atoms with Crippen LogP contribution in [0.25, 0.3) is 0 Å². The van der Waals surface area contributed by atoms with E-state index in [2.05, 4.69) is 5.32 Å². The van der Waals surface area contributed by atoms with Crippen LogP contribution in [0.15, 0.2) is 22.8 Å². The lowest BCUT2D eigenvalue weighted by molar-refractivity contribution is -0.125. The van der Waals surface area contributed by atoms with Crippen molar-refractivity contribution < 1.29 is 27.1 Å². The maximum atomic E-state index is 12.4. The summed E-state index contributed by atoms with van der Waals surface area (Å²) >= 11 is 0. The molecule has 0 radical (unpaired) electrons. The maximum absolute atomic E-state index is 12.4. The molecule has 0 amide bonds. The predicted molar refractivity (Wildman–Crippen MR) is 47.5 cm³/mol. The molecule has 3 nitrogen and oxygen atoms in total. The Morgan fingerprint density at radius 1 is 1.44 bits per heavy atom. The van der Waals surface area contributed by atoms with Crippen molar-refractivity contribution in [3.8, 4) is 0 Å². The summed E-state index contributed by atoms with van der Waals surface area (Å²) in [5.41, 5.74) is 0. The second-order valence-electron chi connectivity index (χ2n) is 3.22. The standard InChI is InChI=1S/C9H11F4NO2/c10-8(11)9(12,13)5-14-4-6(15)7-2-1-3-16-7/h1-3,6,8,14-15H,4-5H2. The summed E-state index contributed by atoms with van der Waals surface area (Å²) in [6, 6.07) is 2.98. The van der Waals surface area contributed by atoms with Crippen LogP contribution in [0.4, 0.5) is 17.6 Å². The number of hydrogen-bond acceptors (Lipinski definition) is 3. The lowest BCUT2D eigenvalue weighted by Gasteiger charge is -2.16. The number of furan rings is 1. The van der Waals surface area contributed by atoms with Crippen molar-refractivity contribution in [1.29, 1.82) is 0 Å². The summed E-state index contributed by atoms with van der Waals surface area (Å²) in [4.78, 5) is 0. The highest BCUT2D eigenvalue weighted by atomic mass is 19.3. The van der Waals surface area contributed by atoms with Crippen molar-refractivity contribution in [3.63, 3.8) is 0 Å². The lowest BCUT2D eigenvalue weighted by Crippen LogP contribution is -2.40. The third-order valence-electron chi connectivity index (χ3n) is 1.89. The van der Waals surface area contributed by atoms with Gasteiger partial charge in [0.05, 0.1) is 12.8 Å². The average Bonchev–Trinajstić information content (AvgIpc) is 2.69. The SMILES string of the molecule is OC(CNCC(F)(F)C(F)F)c1ccco1. The molecule has 1 heterocycles. The van der Waals surface area contributed by atoms with E-state index < -0.39 is 25.0 Å². The topological polar surface area (TPSA) is 45.4 Å². The largest absolute Gasteiger partial charge is 0.467 e. The molecule has 1 atom stereocenters. The number of rotatable bonds is 6. The van der Waals surface area contributed by atoms with E-state index in [1.165, 1.54) is 18.4 Å². The Hall–Kier alpha value is -1.08. The first kappa shape index (κ1) is 13.0. The first-order valence-electron chi connectivity index (χ1n) is 4.51. The van der Waals surface area contributed by atoms with Gasteiger partial charge >= 0.3 is 12.3 Å². The lowest BCUT2D eigenvalue weighted by atomic mass is 10.2. The van der Waals surface area contributed by atoms with E-state index in [1.54, 1.807) is 0 Å². The highest BCUT2D eigenvalue weighted by Crippen LogP contribution is 2.21. The van der Waals surface area contributed by atoms with Crippen LogP contribution < -0.4 is 5.32 Å². The van der Waals surface area contributed by atoms with E-state index >= 15 is 0 Å². The molecule has 0 aliphatic rings. The number of aliphatic hydroxyl groups excluding tert-OH is 1. The van der Waals surface area contributed by atoms with Gasteiger partial charge in [-0.1, -0.05) is 0 Å². The summed E-state index contributed by atoms with van der Waals surface area (Å²) in [6.07, 6.45) is -3.55. The molecule has 0 spiro atoms. The van der Waals surface area contributed by atoms with Gasteiger partial charge < -0.3 is 14.8 Å². The van der Waals surface area contributed by atoms with Crippen molar-refractivity contribution in [2.75, 3.05) is 13.1 Å². The number of hydrogen-bond donors (Lipinski definition) is 2. The quantitative estimate of drug-likeness (QED) is 0.746. The number of nitrogens with one attached hydrogen (secondary N) is 1. The zero-order valence-electron chi connectivity index (χ0n) is 8.17. The number of aliphatic hydroxyl groups is 1. The van der Waals surface area contributed by atoms with Gasteiger partial charge in [0.25, 0.3) is 0 Å². The van der Waals surface area contributed by atoms with Crippen molar-refractivity contribution >= 4 is 0 Å². The average molecular weight is 241 g/mol. The first-order chi connectivity index (χ1) is 7.43. The normalized spacial score (nSPS) is 14.4. The van der Waals surface area contributed by atoms with Gasteiger partial charge in [-0.05, 0) is 12.1 Å². The number of halogens is 4. The summed E-state index contributed by atoms with van der Waals surface area (Å²) in [5, 5.41) is 11.4. The van der Waals surface area contributed by atoms with E-state index in [0.717, 1.165) is 0 Å². The van der Waals surface area contributed by atoms with E-state index in [4.69, 9.17) is 4.42 Å². The van der Waals surface area contributed by atoms with Gasteiger partial charge in [-0.15, -0.1) is 0 Å². The van der Waals surface area contributed by atoms with Crippen molar-refractivity contribution in [2.24, 2.45) is 0 Å². The second-order valence-corrected chi connectivity index (χ2v) is 3.22. The minimum absolute atomic E-state index is 0.188. The van der Waals surface area contributed by atoms with Gasteiger partial charge in [-0.25, -0.2) is 8.78 Å². The molecule has 0 aromatic carbocycles. The summed E-state index contributed by atoms with van der Waals surface area (Å²) < 4.78 is 53.1. The molecule has 0 saturated carbocycles. The van der Waals surface area contributed by atoms with E-state index in [-0.39, 0.29) is 12.3 Å². The third kappa shape index (κ3) is 3.49. The molecular weight excluding hydrogens is 230 g/mol. The minimum atomic E-state index is -4.09. The van der Waals surface area contributed by atoms with Crippen LogP contribution >= 0.6 is 0 Å². The zero-order valence-corrected chi connectivity index (χ0v) is 8.17. The smallest absolute Gasteiger partial charge is 0.319 e. The summed E-state index contributed by atoms with van der Waals surface area (Å²) in [5.74, 6) is -3.91. The molecule has 92 valence electrons. The van der Waals surface area contributed by atoms with Crippen molar-refractivity contribution in [2.45, 2.75) is 18.5 Å². The molecule has 1 aromatic rings. The van der Waals surface area contributed by atoms with Gasteiger partial charge in [0, 0.05) is 6.54 Å². The van der Waals surface area contributed by atoms with Gasteiger partial charge in [-0.3, -0.25) is 0 Å². The molecule has 0 bridgehead atoms. The first-order valence-corrected chi connectivity index (χ1v) is 4.51. The molecule has 1 unspecified atom stereocenters. The molecule has 1 rings (SSSR count). The Kier molecular flexibility index (Phi) is 4.31. The highest BCUT2D eigenvalue weighted by molar-refractivity contribution is 5.02. The van der Waals surface area contributed by atoms with Crippen LogP contribution in [0, 0.1) is 0 Å². The molecule has 0 aliphatic carbocycles. The van der Waals surface area contributed by atoms with Crippen LogP contribution in [0.5, 0.6) is 0 Å². The van der Waals surface area contributed by atoms with Gasteiger partial charge in [0.15, 0.2) is 0 Å². The minimum Gasteiger partial charge on any atom is -0.467 e. The molecular formula is C9H11F4NO2. The van der Waals surface area contributed by atoms with Crippen molar-refractivity contribution in [3.05, 3.63) is 24.2 Å². The Morgan fingerprint density at radius 2 is 2.12 bits per heavy atom. The Labute approximate surface area is 89.1 Å². The van der Waals surface area contributed by atoms with Crippen LogP contribution in [0.1, 0.15) is 11.9 Å². The van der Waals surface area contributed by atoms with E-state index in [0.29, 0.717) is 0 Å². The van der Waals surface area contributed by atoms with Gasteiger partial charge in [0.2, 0.25) is 0 Å². The molecule has 7 heteroatoms. The molecule has 2 N–H and O–H groups in total. The zero-order chi connectivity index (χ0) is 12.2. The molecule has 1 aromatic heterocycles. The maximum Gasteiger partial charge on any atom is 0.319 e. The van der Waals surface area contributed by atoms with E-state index in [9.17, 15) is 22.7 Å². The Bertz CT molecular complexity index is 302. The summed E-state index contributed by atoms with van der Waals surface area (Å²) in [7, 11) is 0.